The van der Waals surface area contributed by atoms with Crippen LogP contribution in [0.4, 0.5) is 13.2 Å². The lowest BCUT2D eigenvalue weighted by Gasteiger charge is -2.01. The highest BCUT2D eigenvalue weighted by atomic mass is 19.4. The highest BCUT2D eigenvalue weighted by Crippen LogP contribution is 2.13. The minimum absolute atomic E-state index is 0.0414. The molecule has 0 fully saturated rings. The van der Waals surface area contributed by atoms with Crippen LogP contribution < -0.4 is 0 Å². The van der Waals surface area contributed by atoms with E-state index in [1.807, 2.05) is 6.92 Å². The molecule has 4 nitrogen and oxygen atoms in total. The van der Waals surface area contributed by atoms with Gasteiger partial charge in [-0.2, -0.15) is 13.2 Å². The van der Waals surface area contributed by atoms with Crippen molar-refractivity contribution in [3.05, 3.63) is 0 Å². The molecule has 0 aliphatic rings. The van der Waals surface area contributed by atoms with Crippen LogP contribution in [0.2, 0.25) is 0 Å². The first kappa shape index (κ1) is 19.1. The largest absolute Gasteiger partial charge is 0.490 e. The molecule has 7 heteroatoms. The number of alkyl halides is 3. The van der Waals surface area contributed by atoms with Gasteiger partial charge in [0.25, 0.3) is 0 Å². The smallest absolute Gasteiger partial charge is 0.475 e. The van der Waals surface area contributed by atoms with Crippen molar-refractivity contribution in [3.63, 3.8) is 0 Å². The first-order valence-electron chi connectivity index (χ1n) is 5.71. The Morgan fingerprint density at radius 1 is 1.11 bits per heavy atom. The summed E-state index contributed by atoms with van der Waals surface area (Å²) in [6.07, 6.45) is -0.325. The monoisotopic (exact) mass is 272 g/mol. The van der Waals surface area contributed by atoms with Crippen molar-refractivity contribution in [2.75, 3.05) is 6.61 Å². The zero-order valence-corrected chi connectivity index (χ0v) is 10.5. The van der Waals surface area contributed by atoms with Gasteiger partial charge in [-0.25, -0.2) is 4.79 Å². The number of hydrogen-bond acceptors (Lipinski definition) is 3. The third-order valence-corrected chi connectivity index (χ3v) is 1.69. The van der Waals surface area contributed by atoms with Gasteiger partial charge in [0.05, 0.1) is 6.61 Å². The number of esters is 1. The number of hydrogen-bond donors (Lipinski definition) is 1. The van der Waals surface area contributed by atoms with E-state index in [4.69, 9.17) is 14.6 Å². The maximum Gasteiger partial charge on any atom is 0.490 e. The van der Waals surface area contributed by atoms with Crippen molar-refractivity contribution in [3.8, 4) is 0 Å². The second kappa shape index (κ2) is 10.9. The highest BCUT2D eigenvalue weighted by molar-refractivity contribution is 5.73. The number of ether oxygens (including phenoxy) is 1. The molecule has 0 atom stereocenters. The Kier molecular flexibility index (Phi) is 11.5. The van der Waals surface area contributed by atoms with Crippen molar-refractivity contribution < 1.29 is 32.6 Å². The summed E-state index contributed by atoms with van der Waals surface area (Å²) in [5.74, 6) is -2.80. The predicted octanol–water partition coefficient (Wildman–Crippen LogP) is 3.15. The standard InChI is InChI=1S/C9H18O2.C2HF3O2/c1-3-5-6-7-9(10)11-8-4-2;3-2(4,5)1(6)7/h3-8H2,1-2H3;(H,6,7). The summed E-state index contributed by atoms with van der Waals surface area (Å²) >= 11 is 0. The van der Waals surface area contributed by atoms with E-state index in [2.05, 4.69) is 6.92 Å². The van der Waals surface area contributed by atoms with Crippen molar-refractivity contribution in [2.45, 2.75) is 52.1 Å². The van der Waals surface area contributed by atoms with Crippen LogP contribution in [0.25, 0.3) is 0 Å². The van der Waals surface area contributed by atoms with Crippen LogP contribution in [0.5, 0.6) is 0 Å². The summed E-state index contributed by atoms with van der Waals surface area (Å²) in [4.78, 5) is 19.8. The number of rotatable bonds is 6. The Morgan fingerprint density at radius 2 is 1.61 bits per heavy atom. The third kappa shape index (κ3) is 14.7. The molecular formula is C11H19F3O4. The summed E-state index contributed by atoms with van der Waals surface area (Å²) in [6, 6.07) is 0. The fourth-order valence-corrected chi connectivity index (χ4v) is 0.807. The zero-order chi connectivity index (χ0) is 14.6. The molecule has 0 aromatic rings. The second-order valence-electron chi connectivity index (χ2n) is 3.48. The van der Waals surface area contributed by atoms with E-state index in [1.54, 1.807) is 0 Å². The number of carboxylic acid groups (broad SMARTS) is 1. The molecule has 0 unspecified atom stereocenters. The predicted molar refractivity (Wildman–Crippen MR) is 59.1 cm³/mol. The normalized spacial score (nSPS) is 10.3. The average molecular weight is 272 g/mol. The fourth-order valence-electron chi connectivity index (χ4n) is 0.807. The lowest BCUT2D eigenvalue weighted by Crippen LogP contribution is -2.21. The van der Waals surface area contributed by atoms with Gasteiger partial charge in [0, 0.05) is 6.42 Å². The number of aliphatic carboxylic acids is 1. The average Bonchev–Trinajstić information content (AvgIpc) is 2.26. The third-order valence-electron chi connectivity index (χ3n) is 1.69. The van der Waals surface area contributed by atoms with Crippen LogP contribution in [0.1, 0.15) is 46.0 Å². The molecule has 0 saturated heterocycles. The molecule has 0 amide bonds. The van der Waals surface area contributed by atoms with Crippen LogP contribution in [0.15, 0.2) is 0 Å². The molecule has 0 radical (unpaired) electrons. The molecule has 0 saturated carbocycles. The second-order valence-corrected chi connectivity index (χ2v) is 3.48. The summed E-state index contributed by atoms with van der Waals surface area (Å²) in [5.41, 5.74) is 0. The van der Waals surface area contributed by atoms with E-state index in [9.17, 15) is 18.0 Å². The highest BCUT2D eigenvalue weighted by Gasteiger charge is 2.38. The quantitative estimate of drug-likeness (QED) is 0.596. The van der Waals surface area contributed by atoms with Crippen molar-refractivity contribution in [1.82, 2.24) is 0 Å². The van der Waals surface area contributed by atoms with Gasteiger partial charge in [0.2, 0.25) is 0 Å². The van der Waals surface area contributed by atoms with Crippen LogP contribution >= 0.6 is 0 Å². The maximum absolute atomic E-state index is 10.9. The molecule has 0 rings (SSSR count). The Balaban J connectivity index is 0. The maximum atomic E-state index is 10.9. The first-order valence-corrected chi connectivity index (χ1v) is 5.71. The molecule has 0 spiro atoms. The van der Waals surface area contributed by atoms with Gasteiger partial charge in [0.15, 0.2) is 0 Å². The summed E-state index contributed by atoms with van der Waals surface area (Å²) < 4.78 is 36.6. The van der Waals surface area contributed by atoms with Gasteiger partial charge < -0.3 is 9.84 Å². The number of halogens is 3. The van der Waals surface area contributed by atoms with E-state index >= 15 is 0 Å². The van der Waals surface area contributed by atoms with Crippen LogP contribution in [0.3, 0.4) is 0 Å². The summed E-state index contributed by atoms with van der Waals surface area (Å²) in [6.45, 7) is 4.70. The number of carbonyl (C=O) groups is 2. The molecule has 1 N–H and O–H groups in total. The summed E-state index contributed by atoms with van der Waals surface area (Å²) in [7, 11) is 0. The van der Waals surface area contributed by atoms with Crippen LogP contribution in [0, 0.1) is 0 Å². The van der Waals surface area contributed by atoms with Crippen LogP contribution in [-0.2, 0) is 14.3 Å². The lowest BCUT2D eigenvalue weighted by molar-refractivity contribution is -0.192. The van der Waals surface area contributed by atoms with Gasteiger partial charge in [0.1, 0.15) is 0 Å². The van der Waals surface area contributed by atoms with E-state index in [1.165, 1.54) is 0 Å². The molecular weight excluding hydrogens is 253 g/mol. The van der Waals surface area contributed by atoms with Gasteiger partial charge in [-0.15, -0.1) is 0 Å². The van der Waals surface area contributed by atoms with Gasteiger partial charge in [-0.05, 0) is 12.8 Å². The molecule has 108 valence electrons. The number of carboxylic acids is 1. The molecule has 18 heavy (non-hydrogen) atoms. The molecule has 0 aromatic carbocycles. The Morgan fingerprint density at radius 3 is 1.94 bits per heavy atom. The SMILES string of the molecule is CCCCCC(=O)OCCC.O=C(O)C(F)(F)F. The Bertz CT molecular complexity index is 239. The number of carbonyl (C=O) groups excluding carboxylic acids is 1. The Hall–Kier alpha value is -1.27. The van der Waals surface area contributed by atoms with Crippen LogP contribution in [-0.4, -0.2) is 29.8 Å². The van der Waals surface area contributed by atoms with Gasteiger partial charge in [-0.3, -0.25) is 4.79 Å². The molecule has 0 aromatic heterocycles. The minimum Gasteiger partial charge on any atom is -0.475 e. The van der Waals surface area contributed by atoms with Gasteiger partial charge >= 0.3 is 18.1 Å². The fraction of sp³-hybridized carbons (Fsp3) is 0.818. The molecule has 0 heterocycles. The lowest BCUT2D eigenvalue weighted by atomic mass is 10.2. The Labute approximate surface area is 104 Å². The minimum atomic E-state index is -5.08. The van der Waals surface area contributed by atoms with Crippen molar-refractivity contribution in [2.24, 2.45) is 0 Å². The van der Waals surface area contributed by atoms with Gasteiger partial charge in [-0.1, -0.05) is 26.7 Å². The van der Waals surface area contributed by atoms with Crippen molar-refractivity contribution in [1.29, 1.82) is 0 Å². The number of unbranched alkanes of at least 4 members (excludes halogenated alkanes) is 2. The first-order chi connectivity index (χ1) is 8.25. The molecule has 0 bridgehead atoms. The van der Waals surface area contributed by atoms with E-state index in [0.717, 1.165) is 25.7 Å². The molecule has 0 aliphatic heterocycles. The summed E-state index contributed by atoms with van der Waals surface area (Å²) in [5, 5.41) is 7.12. The zero-order valence-electron chi connectivity index (χ0n) is 10.5. The van der Waals surface area contributed by atoms with Crippen molar-refractivity contribution >= 4 is 11.9 Å². The van der Waals surface area contributed by atoms with E-state index in [0.29, 0.717) is 13.0 Å². The van der Waals surface area contributed by atoms with E-state index in [-0.39, 0.29) is 5.97 Å². The van der Waals surface area contributed by atoms with E-state index < -0.39 is 12.1 Å². The molecule has 0 aliphatic carbocycles. The topological polar surface area (TPSA) is 63.6 Å².